The van der Waals surface area contributed by atoms with Crippen molar-refractivity contribution in [2.24, 2.45) is 0 Å². The van der Waals surface area contributed by atoms with Crippen molar-refractivity contribution in [3.63, 3.8) is 0 Å². The molecule has 43 heavy (non-hydrogen) atoms. The first kappa shape index (κ1) is 29.6. The topological polar surface area (TPSA) is 109 Å². The van der Waals surface area contributed by atoms with Crippen molar-refractivity contribution in [1.82, 2.24) is 10.6 Å². The van der Waals surface area contributed by atoms with Gasteiger partial charge in [0.25, 0.3) is 0 Å². The van der Waals surface area contributed by atoms with E-state index in [2.05, 4.69) is 35.8 Å². The van der Waals surface area contributed by atoms with Gasteiger partial charge in [0, 0.05) is 42.1 Å². The van der Waals surface area contributed by atoms with Crippen LogP contribution in [0.3, 0.4) is 0 Å². The van der Waals surface area contributed by atoms with Gasteiger partial charge in [0.2, 0.25) is 5.91 Å². The lowest BCUT2D eigenvalue weighted by atomic mass is 9.84. The summed E-state index contributed by atoms with van der Waals surface area (Å²) in [6.45, 7) is 2.53. The normalized spacial score (nSPS) is 13.5. The molecule has 7 heteroatoms. The molecule has 1 unspecified atom stereocenters. The lowest BCUT2D eigenvalue weighted by Gasteiger charge is -2.20. The molecule has 0 fully saturated rings. The summed E-state index contributed by atoms with van der Waals surface area (Å²) in [6.07, 6.45) is 6.87. The third-order valence-corrected chi connectivity index (χ3v) is 7.62. The number of nitrogens with one attached hydrogen (secondary N) is 2. The van der Waals surface area contributed by atoms with Gasteiger partial charge in [0.05, 0.1) is 12.5 Å². The van der Waals surface area contributed by atoms with Crippen LogP contribution in [0.2, 0.25) is 0 Å². The Kier molecular flexibility index (Phi) is 9.52. The molecule has 3 aromatic carbocycles. The predicted octanol–water partition coefficient (Wildman–Crippen LogP) is 6.42. The average molecular weight is 577 g/mol. The van der Waals surface area contributed by atoms with Crippen LogP contribution in [-0.4, -0.2) is 29.3 Å². The largest absolute Gasteiger partial charge is 0.481 e. The Hall–Kier alpha value is -4.91. The SMILES string of the molecule is CCCCc1oc2ccccc2c1Cc1ccc(C(C(=O)CC2=CNCC(NC(=O)CC(=O)O)=C2)c2ccccc2)cc1. The second kappa shape index (κ2) is 13.8. The number of para-hydroxylation sites is 1. The number of furan rings is 1. The van der Waals surface area contributed by atoms with E-state index in [0.717, 1.165) is 59.1 Å². The maximum absolute atomic E-state index is 13.8. The van der Waals surface area contributed by atoms with Gasteiger partial charge in [-0.1, -0.05) is 86.1 Å². The van der Waals surface area contributed by atoms with Gasteiger partial charge < -0.3 is 20.2 Å². The number of allylic oxidation sites excluding steroid dienone is 2. The molecule has 5 rings (SSSR count). The number of unbranched alkanes of at least 4 members (excludes halogenated alkanes) is 1. The van der Waals surface area contributed by atoms with Crippen LogP contribution in [0.4, 0.5) is 0 Å². The van der Waals surface area contributed by atoms with Crippen molar-refractivity contribution in [1.29, 1.82) is 0 Å². The molecule has 0 bridgehead atoms. The van der Waals surface area contributed by atoms with Crippen LogP contribution in [0.15, 0.2) is 107 Å². The molecule has 0 saturated carbocycles. The Morgan fingerprint density at radius 1 is 0.953 bits per heavy atom. The first-order chi connectivity index (χ1) is 20.9. The summed E-state index contributed by atoms with van der Waals surface area (Å²) in [4.78, 5) is 36.6. The molecule has 2 heterocycles. The minimum atomic E-state index is -1.19. The number of Topliss-reactive ketones (excluding diaryl/α,β-unsaturated/α-hetero) is 1. The molecule has 4 aromatic rings. The van der Waals surface area contributed by atoms with Gasteiger partial charge >= 0.3 is 5.97 Å². The van der Waals surface area contributed by atoms with Crippen molar-refractivity contribution in [2.75, 3.05) is 6.54 Å². The second-order valence-corrected chi connectivity index (χ2v) is 10.9. The Bertz CT molecular complexity index is 1670. The molecule has 1 amide bonds. The minimum absolute atomic E-state index is 0.0176. The zero-order chi connectivity index (χ0) is 30.2. The number of benzene rings is 3. The zero-order valence-electron chi connectivity index (χ0n) is 24.3. The third kappa shape index (κ3) is 7.49. The lowest BCUT2D eigenvalue weighted by Crippen LogP contribution is -2.31. The second-order valence-electron chi connectivity index (χ2n) is 10.9. The highest BCUT2D eigenvalue weighted by molar-refractivity contribution is 5.94. The van der Waals surface area contributed by atoms with Gasteiger partial charge in [-0.15, -0.1) is 0 Å². The van der Waals surface area contributed by atoms with Crippen molar-refractivity contribution in [2.45, 2.75) is 51.4 Å². The Morgan fingerprint density at radius 2 is 1.67 bits per heavy atom. The van der Waals surface area contributed by atoms with Gasteiger partial charge in [-0.2, -0.15) is 0 Å². The van der Waals surface area contributed by atoms with E-state index < -0.39 is 24.2 Å². The quantitative estimate of drug-likeness (QED) is 0.159. The summed E-state index contributed by atoms with van der Waals surface area (Å²) in [5.74, 6) is -1.20. The first-order valence-corrected chi connectivity index (χ1v) is 14.7. The maximum atomic E-state index is 13.8. The Labute approximate surface area is 251 Å². The molecule has 1 aliphatic heterocycles. The van der Waals surface area contributed by atoms with Crippen LogP contribution < -0.4 is 10.6 Å². The molecule has 0 spiro atoms. The summed E-state index contributed by atoms with van der Waals surface area (Å²) in [6, 6.07) is 26.2. The zero-order valence-corrected chi connectivity index (χ0v) is 24.3. The monoisotopic (exact) mass is 576 g/mol. The summed E-state index contributed by atoms with van der Waals surface area (Å²) in [5, 5.41) is 15.7. The predicted molar refractivity (Wildman–Crippen MR) is 167 cm³/mol. The maximum Gasteiger partial charge on any atom is 0.312 e. The van der Waals surface area contributed by atoms with E-state index in [1.807, 2.05) is 60.7 Å². The lowest BCUT2D eigenvalue weighted by molar-refractivity contribution is -0.140. The molecule has 1 aromatic heterocycles. The van der Waals surface area contributed by atoms with Gasteiger partial charge in [-0.05, 0) is 40.8 Å². The number of fused-ring (bicyclic) bond motifs is 1. The standard InChI is InChI=1S/C36H36N2O5/c1-2-3-12-33-30(29-11-7-8-13-32(29)43-33)19-24-14-16-27(17-15-24)36(26-9-5-4-6-10-26)31(39)20-25-18-28(23-37-22-25)38-34(40)21-35(41)42/h4-11,13-18,22,36-37H,2-3,12,19-21,23H2,1H3,(H,38,40)(H,41,42). The number of carboxylic acid groups (broad SMARTS) is 1. The molecule has 220 valence electrons. The summed E-state index contributed by atoms with van der Waals surface area (Å²) >= 11 is 0. The van der Waals surface area contributed by atoms with Crippen molar-refractivity contribution < 1.29 is 23.9 Å². The number of aryl methyl sites for hydroxylation is 1. The molecule has 1 aliphatic rings. The number of dihydropyridines is 1. The van der Waals surface area contributed by atoms with E-state index in [1.165, 1.54) is 5.56 Å². The number of aliphatic carboxylic acids is 1. The number of rotatable bonds is 13. The summed E-state index contributed by atoms with van der Waals surface area (Å²) in [5.41, 5.74) is 6.35. The fourth-order valence-corrected chi connectivity index (χ4v) is 5.58. The highest BCUT2D eigenvalue weighted by Gasteiger charge is 2.24. The number of carboxylic acids is 1. The molecule has 1 atom stereocenters. The molecule has 7 nitrogen and oxygen atoms in total. The van der Waals surface area contributed by atoms with Crippen LogP contribution in [0, 0.1) is 0 Å². The minimum Gasteiger partial charge on any atom is -0.481 e. The number of hydrogen-bond acceptors (Lipinski definition) is 5. The van der Waals surface area contributed by atoms with E-state index >= 15 is 0 Å². The van der Waals surface area contributed by atoms with Gasteiger partial charge in [0.15, 0.2) is 0 Å². The fraction of sp³-hybridized carbons (Fsp3) is 0.250. The van der Waals surface area contributed by atoms with Crippen molar-refractivity contribution >= 4 is 28.6 Å². The van der Waals surface area contributed by atoms with Crippen LogP contribution >= 0.6 is 0 Å². The number of carbonyl (C=O) groups is 3. The smallest absolute Gasteiger partial charge is 0.312 e. The Morgan fingerprint density at radius 3 is 2.42 bits per heavy atom. The van der Waals surface area contributed by atoms with Crippen LogP contribution in [0.5, 0.6) is 0 Å². The molecule has 3 N–H and O–H groups in total. The molecule has 0 aliphatic carbocycles. The van der Waals surface area contributed by atoms with Gasteiger partial charge in [0.1, 0.15) is 23.5 Å². The van der Waals surface area contributed by atoms with Gasteiger partial charge in [-0.25, -0.2) is 0 Å². The van der Waals surface area contributed by atoms with Crippen LogP contribution in [0.25, 0.3) is 11.0 Å². The highest BCUT2D eigenvalue weighted by Crippen LogP contribution is 2.32. The van der Waals surface area contributed by atoms with E-state index in [1.54, 1.807) is 12.3 Å². The van der Waals surface area contributed by atoms with Crippen LogP contribution in [-0.2, 0) is 27.2 Å². The molecule has 0 radical (unpaired) electrons. The fourth-order valence-electron chi connectivity index (χ4n) is 5.58. The van der Waals surface area contributed by atoms with E-state index in [4.69, 9.17) is 9.52 Å². The summed E-state index contributed by atoms with van der Waals surface area (Å²) in [7, 11) is 0. The number of carbonyl (C=O) groups excluding carboxylic acids is 2. The number of ketones is 1. The highest BCUT2D eigenvalue weighted by atomic mass is 16.4. The molecular weight excluding hydrogens is 540 g/mol. The average Bonchev–Trinajstić information content (AvgIpc) is 3.34. The van der Waals surface area contributed by atoms with Gasteiger partial charge in [-0.3, -0.25) is 14.4 Å². The Balaban J connectivity index is 1.36. The van der Waals surface area contributed by atoms with Crippen LogP contribution in [0.1, 0.15) is 66.5 Å². The molecule has 0 saturated heterocycles. The van der Waals surface area contributed by atoms with E-state index in [-0.39, 0.29) is 12.2 Å². The van der Waals surface area contributed by atoms with E-state index in [9.17, 15) is 14.4 Å². The number of amides is 1. The first-order valence-electron chi connectivity index (χ1n) is 14.7. The molecular formula is C36H36N2O5. The number of hydrogen-bond donors (Lipinski definition) is 3. The summed E-state index contributed by atoms with van der Waals surface area (Å²) < 4.78 is 6.23. The third-order valence-electron chi connectivity index (χ3n) is 7.62. The van der Waals surface area contributed by atoms with Crippen molar-refractivity contribution in [3.8, 4) is 0 Å². The van der Waals surface area contributed by atoms with E-state index in [0.29, 0.717) is 17.8 Å². The van der Waals surface area contributed by atoms with Crippen molar-refractivity contribution in [3.05, 3.63) is 130 Å².